The molecule has 2 unspecified atom stereocenters. The second-order valence-corrected chi connectivity index (χ2v) is 6.59. The zero-order valence-electron chi connectivity index (χ0n) is 12.2. The lowest BCUT2D eigenvalue weighted by Crippen LogP contribution is -2.38. The highest BCUT2D eigenvalue weighted by atomic mass is 32.2. The number of aliphatic hydroxyl groups excluding tert-OH is 1. The molecular weight excluding hydrogens is 262 g/mol. The van der Waals surface area contributed by atoms with Gasteiger partial charge in [-0.2, -0.15) is 11.8 Å². The Bertz CT molecular complexity index is 464. The summed E-state index contributed by atoms with van der Waals surface area (Å²) in [5.41, 5.74) is -0.421. The second kappa shape index (κ2) is 6.43. The Morgan fingerprint density at radius 3 is 2.63 bits per heavy atom. The van der Waals surface area contributed by atoms with Crippen LogP contribution in [0, 0.1) is 0 Å². The van der Waals surface area contributed by atoms with Gasteiger partial charge in [-0.05, 0) is 34.0 Å². The van der Waals surface area contributed by atoms with Crippen LogP contribution in [0.5, 0.6) is 0 Å². The van der Waals surface area contributed by atoms with Gasteiger partial charge < -0.3 is 15.0 Å². The first-order valence-corrected chi connectivity index (χ1v) is 7.58. The molecule has 0 radical (unpaired) electrons. The van der Waals surface area contributed by atoms with Crippen LogP contribution in [0.3, 0.4) is 0 Å². The van der Waals surface area contributed by atoms with E-state index in [0.29, 0.717) is 5.82 Å². The fourth-order valence-electron chi connectivity index (χ4n) is 1.78. The van der Waals surface area contributed by atoms with E-state index in [1.807, 2.05) is 34.0 Å². The van der Waals surface area contributed by atoms with Crippen LogP contribution in [0.25, 0.3) is 0 Å². The highest BCUT2D eigenvalue weighted by molar-refractivity contribution is 7.99. The third kappa shape index (κ3) is 3.98. The molecule has 19 heavy (non-hydrogen) atoms. The number of hydrogen-bond donors (Lipinski definition) is 2. The van der Waals surface area contributed by atoms with Crippen molar-refractivity contribution in [2.75, 3.05) is 18.2 Å². The smallest absolute Gasteiger partial charge is 0.293 e. The predicted molar refractivity (Wildman–Crippen MR) is 81.0 cm³/mol. The average Bonchev–Trinajstić information content (AvgIpc) is 2.32. The van der Waals surface area contributed by atoms with E-state index in [2.05, 4.69) is 10.3 Å². The van der Waals surface area contributed by atoms with E-state index in [4.69, 9.17) is 0 Å². The van der Waals surface area contributed by atoms with Gasteiger partial charge in [-0.1, -0.05) is 0 Å². The van der Waals surface area contributed by atoms with Gasteiger partial charge in [0.25, 0.3) is 5.56 Å². The van der Waals surface area contributed by atoms with Crippen molar-refractivity contribution in [3.05, 3.63) is 22.7 Å². The lowest BCUT2D eigenvalue weighted by atomic mass is 10.1. The molecule has 0 bridgehead atoms. The van der Waals surface area contributed by atoms with Crippen LogP contribution < -0.4 is 10.9 Å². The second-order valence-electron chi connectivity index (χ2n) is 5.51. The van der Waals surface area contributed by atoms with Gasteiger partial charge in [-0.25, -0.2) is 4.98 Å². The van der Waals surface area contributed by atoms with Crippen molar-refractivity contribution < 1.29 is 5.11 Å². The van der Waals surface area contributed by atoms with Crippen molar-refractivity contribution in [3.8, 4) is 0 Å². The van der Waals surface area contributed by atoms with Crippen molar-refractivity contribution in [2.24, 2.45) is 0 Å². The Hall–Kier alpha value is -1.01. The maximum atomic E-state index is 12.3. The molecule has 0 aliphatic heterocycles. The quantitative estimate of drug-likeness (QED) is 0.858. The highest BCUT2D eigenvalue weighted by Gasteiger charge is 2.20. The Labute approximate surface area is 118 Å². The van der Waals surface area contributed by atoms with Gasteiger partial charge in [0.1, 0.15) is 0 Å². The fraction of sp³-hybridized carbons (Fsp3) is 0.692. The largest absolute Gasteiger partial charge is 0.395 e. The Morgan fingerprint density at radius 1 is 1.53 bits per heavy atom. The number of thioether (sulfide) groups is 1. The maximum absolute atomic E-state index is 12.3. The number of aromatic nitrogens is 2. The van der Waals surface area contributed by atoms with Gasteiger partial charge in [0.2, 0.25) is 0 Å². The standard InChI is InChI=1S/C13H23N3O2S/c1-9(10(8-17)19-5)15-11-12(18)16(7-6-14-11)13(2,3)4/h6-7,9-10,17H,8H2,1-5H3,(H,14,15). The SMILES string of the molecule is CSC(CO)C(C)Nc1nccn(C(C)(C)C)c1=O. The third-order valence-electron chi connectivity index (χ3n) is 2.97. The average molecular weight is 285 g/mol. The molecule has 0 saturated carbocycles. The van der Waals surface area contributed by atoms with E-state index in [9.17, 15) is 9.90 Å². The lowest BCUT2D eigenvalue weighted by molar-refractivity contribution is 0.288. The molecule has 1 aromatic rings. The first kappa shape index (κ1) is 16.0. The van der Waals surface area contributed by atoms with E-state index in [-0.39, 0.29) is 29.0 Å². The fourth-order valence-corrected chi connectivity index (χ4v) is 2.41. The minimum Gasteiger partial charge on any atom is -0.395 e. The molecule has 0 fully saturated rings. The number of rotatable bonds is 5. The summed E-state index contributed by atoms with van der Waals surface area (Å²) in [7, 11) is 0. The molecule has 108 valence electrons. The summed E-state index contributed by atoms with van der Waals surface area (Å²) in [4.78, 5) is 16.4. The summed E-state index contributed by atoms with van der Waals surface area (Å²) in [6.45, 7) is 7.92. The van der Waals surface area contributed by atoms with Gasteiger partial charge in [0, 0.05) is 29.2 Å². The number of hydrogen-bond acceptors (Lipinski definition) is 5. The van der Waals surface area contributed by atoms with E-state index in [0.717, 1.165) is 0 Å². The minimum atomic E-state index is -0.282. The van der Waals surface area contributed by atoms with Crippen LogP contribution in [-0.4, -0.2) is 38.8 Å². The molecular formula is C13H23N3O2S. The Morgan fingerprint density at radius 2 is 2.16 bits per heavy atom. The molecule has 6 heteroatoms. The molecule has 0 aliphatic rings. The van der Waals surface area contributed by atoms with E-state index < -0.39 is 0 Å². The van der Waals surface area contributed by atoms with Gasteiger partial charge in [0.15, 0.2) is 5.82 Å². The summed E-state index contributed by atoms with van der Waals surface area (Å²) in [5.74, 6) is 0.331. The zero-order valence-corrected chi connectivity index (χ0v) is 13.0. The van der Waals surface area contributed by atoms with Gasteiger partial charge in [-0.3, -0.25) is 4.79 Å². The topological polar surface area (TPSA) is 67.2 Å². The molecule has 1 rings (SSSR count). The van der Waals surface area contributed by atoms with Gasteiger partial charge >= 0.3 is 0 Å². The minimum absolute atomic E-state index is 0.0315. The summed E-state index contributed by atoms with van der Waals surface area (Å²) in [5, 5.41) is 12.4. The Kier molecular flexibility index (Phi) is 5.43. The van der Waals surface area contributed by atoms with Gasteiger partial charge in [0.05, 0.1) is 6.61 Å². The molecule has 1 heterocycles. The van der Waals surface area contributed by atoms with Crippen molar-refractivity contribution in [3.63, 3.8) is 0 Å². The molecule has 0 aromatic carbocycles. The van der Waals surface area contributed by atoms with E-state index in [1.165, 1.54) is 0 Å². The summed E-state index contributed by atoms with van der Waals surface area (Å²) < 4.78 is 1.65. The van der Waals surface area contributed by atoms with Crippen molar-refractivity contribution in [2.45, 2.75) is 44.5 Å². The molecule has 2 atom stereocenters. The van der Waals surface area contributed by atoms with Crippen LogP contribution in [0.1, 0.15) is 27.7 Å². The molecule has 0 amide bonds. The van der Waals surface area contributed by atoms with Crippen molar-refractivity contribution >= 4 is 17.6 Å². The number of nitrogens with zero attached hydrogens (tertiary/aromatic N) is 2. The number of aliphatic hydroxyl groups is 1. The molecule has 0 spiro atoms. The molecule has 0 aliphatic carbocycles. The Balaban J connectivity index is 3.01. The summed E-state index contributed by atoms with van der Waals surface area (Å²) in [6, 6.07) is -0.0315. The monoisotopic (exact) mass is 285 g/mol. The third-order valence-corrected chi connectivity index (χ3v) is 4.13. The first-order valence-electron chi connectivity index (χ1n) is 6.29. The lowest BCUT2D eigenvalue weighted by Gasteiger charge is -2.25. The molecule has 5 nitrogen and oxygen atoms in total. The molecule has 2 N–H and O–H groups in total. The highest BCUT2D eigenvalue weighted by Crippen LogP contribution is 2.14. The number of anilines is 1. The molecule has 1 aromatic heterocycles. The van der Waals surface area contributed by atoms with Crippen LogP contribution in [0.2, 0.25) is 0 Å². The van der Waals surface area contributed by atoms with Crippen LogP contribution in [-0.2, 0) is 5.54 Å². The van der Waals surface area contributed by atoms with Crippen molar-refractivity contribution in [1.82, 2.24) is 9.55 Å². The number of nitrogens with one attached hydrogen (secondary N) is 1. The molecule has 0 saturated heterocycles. The van der Waals surface area contributed by atoms with Crippen molar-refractivity contribution in [1.29, 1.82) is 0 Å². The predicted octanol–water partition coefficient (Wildman–Crippen LogP) is 1.52. The summed E-state index contributed by atoms with van der Waals surface area (Å²) in [6.07, 6.45) is 5.25. The summed E-state index contributed by atoms with van der Waals surface area (Å²) >= 11 is 1.56. The zero-order chi connectivity index (χ0) is 14.6. The van der Waals surface area contributed by atoms with Gasteiger partial charge in [-0.15, -0.1) is 0 Å². The first-order chi connectivity index (χ1) is 8.81. The van der Waals surface area contributed by atoms with Crippen LogP contribution >= 0.6 is 11.8 Å². The maximum Gasteiger partial charge on any atom is 0.293 e. The van der Waals surface area contributed by atoms with Crippen LogP contribution in [0.15, 0.2) is 17.2 Å². The van der Waals surface area contributed by atoms with Crippen LogP contribution in [0.4, 0.5) is 5.82 Å². The van der Waals surface area contributed by atoms with E-state index >= 15 is 0 Å². The van der Waals surface area contributed by atoms with E-state index in [1.54, 1.807) is 28.7 Å². The normalized spacial score (nSPS) is 15.1.